The number of nitrogens with two attached hydrogens (primary N) is 1. The van der Waals surface area contributed by atoms with Crippen molar-refractivity contribution in [2.75, 3.05) is 10.7 Å². The second kappa shape index (κ2) is 5.16. The summed E-state index contributed by atoms with van der Waals surface area (Å²) in [6.07, 6.45) is 0. The van der Waals surface area contributed by atoms with Crippen LogP contribution in [0.5, 0.6) is 0 Å². The quantitative estimate of drug-likeness (QED) is 0.575. The third kappa shape index (κ3) is 2.95. The average Bonchev–Trinajstić information content (AvgIpc) is 2.76. The molecule has 0 aromatic carbocycles. The molecule has 2 heterocycles. The second-order valence-corrected chi connectivity index (χ2v) is 5.19. The molecule has 0 fully saturated rings. The van der Waals surface area contributed by atoms with E-state index in [1.807, 2.05) is 18.2 Å². The third-order valence-corrected chi connectivity index (χ3v) is 3.63. The molecule has 0 saturated carbocycles. The number of hydrogen-bond acceptors (Lipinski definition) is 5. The zero-order chi connectivity index (χ0) is 12.3. The number of aromatic nitrogens is 1. The van der Waals surface area contributed by atoms with Crippen LogP contribution in [0.4, 0.5) is 11.6 Å². The first-order valence-corrected chi connectivity index (χ1v) is 6.27. The summed E-state index contributed by atoms with van der Waals surface area (Å²) >= 11 is 1.79. The van der Waals surface area contributed by atoms with E-state index < -0.39 is 0 Å². The summed E-state index contributed by atoms with van der Waals surface area (Å²) in [7, 11) is 0. The summed E-state index contributed by atoms with van der Waals surface area (Å²) in [5.41, 5.74) is 2.54. The molecule has 5 heteroatoms. The molecular formula is C12H16N4S. The first-order chi connectivity index (χ1) is 8.19. The summed E-state index contributed by atoms with van der Waals surface area (Å²) < 4.78 is 0. The molecule has 1 atom stereocenters. The maximum Gasteiger partial charge on any atom is 0.142 e. The number of nitrogens with one attached hydrogen (secondary N) is 2. The van der Waals surface area contributed by atoms with Gasteiger partial charge in [0.25, 0.3) is 0 Å². The molecule has 4 nitrogen and oxygen atoms in total. The van der Waals surface area contributed by atoms with Gasteiger partial charge in [-0.25, -0.2) is 10.8 Å². The third-order valence-electron chi connectivity index (χ3n) is 2.45. The van der Waals surface area contributed by atoms with Crippen LogP contribution in [-0.2, 0) is 0 Å². The monoisotopic (exact) mass is 248 g/mol. The van der Waals surface area contributed by atoms with Gasteiger partial charge in [-0.3, -0.25) is 0 Å². The lowest BCUT2D eigenvalue weighted by molar-refractivity contribution is 0.896. The van der Waals surface area contributed by atoms with Crippen molar-refractivity contribution in [2.45, 2.75) is 19.9 Å². The van der Waals surface area contributed by atoms with Crippen molar-refractivity contribution in [3.05, 3.63) is 40.1 Å². The molecule has 90 valence electrons. The Kier molecular flexibility index (Phi) is 3.61. The molecular weight excluding hydrogens is 232 g/mol. The van der Waals surface area contributed by atoms with Crippen LogP contribution in [0.15, 0.2) is 30.3 Å². The van der Waals surface area contributed by atoms with Crippen LogP contribution in [-0.4, -0.2) is 4.98 Å². The minimum absolute atomic E-state index is 0.245. The predicted octanol–water partition coefficient (Wildman–Crippen LogP) is 2.91. The van der Waals surface area contributed by atoms with E-state index in [0.29, 0.717) is 5.82 Å². The smallest absolute Gasteiger partial charge is 0.142 e. The number of hydrazine groups is 1. The maximum atomic E-state index is 5.33. The molecule has 0 aliphatic rings. The van der Waals surface area contributed by atoms with E-state index in [-0.39, 0.29) is 6.04 Å². The van der Waals surface area contributed by atoms with Gasteiger partial charge in [0.1, 0.15) is 11.6 Å². The van der Waals surface area contributed by atoms with Crippen LogP contribution < -0.4 is 16.6 Å². The van der Waals surface area contributed by atoms with Gasteiger partial charge < -0.3 is 10.7 Å². The van der Waals surface area contributed by atoms with E-state index in [4.69, 9.17) is 5.84 Å². The highest BCUT2D eigenvalue weighted by Crippen LogP contribution is 2.25. The lowest BCUT2D eigenvalue weighted by Crippen LogP contribution is -2.11. The highest BCUT2D eigenvalue weighted by atomic mass is 32.1. The van der Waals surface area contributed by atoms with E-state index >= 15 is 0 Å². The Morgan fingerprint density at radius 2 is 2.00 bits per heavy atom. The molecule has 0 saturated heterocycles. The number of pyridine rings is 1. The maximum absolute atomic E-state index is 5.33. The molecule has 0 aliphatic heterocycles. The Hall–Kier alpha value is -1.59. The van der Waals surface area contributed by atoms with Crippen molar-refractivity contribution in [3.63, 3.8) is 0 Å². The van der Waals surface area contributed by atoms with Crippen molar-refractivity contribution in [1.29, 1.82) is 0 Å². The lowest BCUT2D eigenvalue weighted by atomic mass is 10.2. The van der Waals surface area contributed by atoms with E-state index in [1.165, 1.54) is 9.75 Å². The zero-order valence-corrected chi connectivity index (χ0v) is 10.7. The van der Waals surface area contributed by atoms with Gasteiger partial charge in [0.2, 0.25) is 0 Å². The fraction of sp³-hybridized carbons (Fsp3) is 0.250. The van der Waals surface area contributed by atoms with Crippen LogP contribution in [0.25, 0.3) is 0 Å². The van der Waals surface area contributed by atoms with E-state index in [0.717, 1.165) is 5.82 Å². The number of hydrogen-bond donors (Lipinski definition) is 3. The summed E-state index contributed by atoms with van der Waals surface area (Å²) in [6, 6.07) is 10.2. The van der Waals surface area contributed by atoms with E-state index in [1.54, 1.807) is 11.3 Å². The molecule has 17 heavy (non-hydrogen) atoms. The predicted molar refractivity (Wildman–Crippen MR) is 73.1 cm³/mol. The fourth-order valence-corrected chi connectivity index (χ4v) is 2.45. The summed E-state index contributed by atoms with van der Waals surface area (Å²) in [4.78, 5) is 6.94. The molecule has 4 N–H and O–H groups in total. The number of aryl methyl sites for hydroxylation is 1. The highest BCUT2D eigenvalue weighted by Gasteiger charge is 2.08. The standard InChI is InChI=1S/C12H16N4S/c1-8-6-7-10(17-8)9(2)14-11-4-3-5-12(15-11)16-13/h3-7,9H,13H2,1-2H3,(H2,14,15,16). The van der Waals surface area contributed by atoms with E-state index in [2.05, 4.69) is 41.7 Å². The van der Waals surface area contributed by atoms with Crippen molar-refractivity contribution < 1.29 is 0 Å². The van der Waals surface area contributed by atoms with Crippen molar-refractivity contribution in [3.8, 4) is 0 Å². The molecule has 0 radical (unpaired) electrons. The Bertz CT molecular complexity index is 495. The Labute approximate surface area is 105 Å². The largest absolute Gasteiger partial charge is 0.363 e. The Morgan fingerprint density at radius 3 is 2.65 bits per heavy atom. The first kappa shape index (κ1) is 11.9. The van der Waals surface area contributed by atoms with Crippen LogP contribution in [0.2, 0.25) is 0 Å². The number of rotatable bonds is 4. The fourth-order valence-electron chi connectivity index (χ4n) is 1.57. The van der Waals surface area contributed by atoms with Crippen molar-refractivity contribution in [1.82, 2.24) is 4.98 Å². The molecule has 2 rings (SSSR count). The Morgan fingerprint density at radius 1 is 1.24 bits per heavy atom. The molecule has 2 aromatic heterocycles. The number of nitrogens with zero attached hydrogens (tertiary/aromatic N) is 1. The first-order valence-electron chi connectivity index (χ1n) is 5.45. The highest BCUT2D eigenvalue weighted by molar-refractivity contribution is 7.12. The van der Waals surface area contributed by atoms with Crippen LogP contribution >= 0.6 is 11.3 Å². The summed E-state index contributed by atoms with van der Waals surface area (Å²) in [5, 5.41) is 3.35. The SMILES string of the molecule is Cc1ccc(C(C)Nc2cccc(NN)n2)s1. The zero-order valence-electron chi connectivity index (χ0n) is 9.90. The summed E-state index contributed by atoms with van der Waals surface area (Å²) in [5.74, 6) is 6.80. The minimum atomic E-state index is 0.245. The number of thiophene rings is 1. The number of anilines is 2. The van der Waals surface area contributed by atoms with Crippen LogP contribution in [0, 0.1) is 6.92 Å². The van der Waals surface area contributed by atoms with Crippen molar-refractivity contribution >= 4 is 23.0 Å². The van der Waals surface area contributed by atoms with Crippen LogP contribution in [0.3, 0.4) is 0 Å². The molecule has 0 amide bonds. The summed E-state index contributed by atoms with van der Waals surface area (Å²) in [6.45, 7) is 4.23. The lowest BCUT2D eigenvalue weighted by Gasteiger charge is -2.13. The van der Waals surface area contributed by atoms with E-state index in [9.17, 15) is 0 Å². The number of nitrogen functional groups attached to an aromatic ring is 1. The van der Waals surface area contributed by atoms with Gasteiger partial charge in [-0.15, -0.1) is 11.3 Å². The van der Waals surface area contributed by atoms with Crippen LogP contribution in [0.1, 0.15) is 22.7 Å². The van der Waals surface area contributed by atoms with Gasteiger partial charge in [-0.2, -0.15) is 0 Å². The molecule has 0 bridgehead atoms. The topological polar surface area (TPSA) is 63.0 Å². The Balaban J connectivity index is 2.09. The normalized spacial score (nSPS) is 12.2. The molecule has 0 aliphatic carbocycles. The average molecular weight is 248 g/mol. The van der Waals surface area contributed by atoms with Crippen molar-refractivity contribution in [2.24, 2.45) is 5.84 Å². The molecule has 0 spiro atoms. The van der Waals surface area contributed by atoms with Gasteiger partial charge in [0.05, 0.1) is 6.04 Å². The molecule has 1 unspecified atom stereocenters. The molecule has 2 aromatic rings. The van der Waals surface area contributed by atoms with Gasteiger partial charge >= 0.3 is 0 Å². The minimum Gasteiger partial charge on any atom is -0.363 e. The van der Waals surface area contributed by atoms with Gasteiger partial charge in [0.15, 0.2) is 0 Å². The van der Waals surface area contributed by atoms with Gasteiger partial charge in [-0.1, -0.05) is 6.07 Å². The van der Waals surface area contributed by atoms with Gasteiger partial charge in [0, 0.05) is 9.75 Å². The second-order valence-electron chi connectivity index (χ2n) is 3.87. The van der Waals surface area contributed by atoms with Gasteiger partial charge in [-0.05, 0) is 38.1 Å².